The average Bonchev–Trinajstić information content (AvgIpc) is 2.40. The molecule has 0 aromatic heterocycles. The highest BCUT2D eigenvalue weighted by atomic mass is 16.5. The minimum atomic E-state index is 0.671. The van der Waals surface area contributed by atoms with E-state index in [2.05, 4.69) is 24.4 Å². The van der Waals surface area contributed by atoms with Crippen LogP contribution in [0.3, 0.4) is 0 Å². The van der Waals surface area contributed by atoms with Gasteiger partial charge in [0.25, 0.3) is 0 Å². The molecule has 2 rings (SSSR count). The van der Waals surface area contributed by atoms with Gasteiger partial charge in [0.15, 0.2) is 0 Å². The highest BCUT2D eigenvalue weighted by Gasteiger charge is 2.17. The monoisotopic (exact) mass is 277 g/mol. The molecule has 1 heterocycles. The molecule has 0 atom stereocenters. The van der Waals surface area contributed by atoms with Gasteiger partial charge in [0.2, 0.25) is 0 Å². The maximum Gasteiger partial charge on any atom is 0.119 e. The summed E-state index contributed by atoms with van der Waals surface area (Å²) >= 11 is 0. The minimum Gasteiger partial charge on any atom is -0.494 e. The van der Waals surface area contributed by atoms with Crippen LogP contribution in [0.2, 0.25) is 0 Å². The quantitative estimate of drug-likeness (QED) is 0.583. The molecule has 1 aromatic carbocycles. The summed E-state index contributed by atoms with van der Waals surface area (Å²) in [6.45, 7) is 10.7. The Morgan fingerprint density at radius 1 is 1.48 bits per heavy atom. The van der Waals surface area contributed by atoms with Crippen molar-refractivity contribution in [3.8, 4) is 18.1 Å². The van der Waals surface area contributed by atoms with Crippen molar-refractivity contribution in [2.24, 2.45) is 4.99 Å². The topological polar surface area (TPSA) is 21.6 Å². The molecule has 0 radical (unpaired) electrons. The summed E-state index contributed by atoms with van der Waals surface area (Å²) < 4.78 is 5.50. The molecular formula is C19H19NO. The molecule has 1 aliphatic rings. The van der Waals surface area contributed by atoms with Gasteiger partial charge in [0, 0.05) is 5.56 Å². The van der Waals surface area contributed by atoms with Crippen LogP contribution < -0.4 is 4.74 Å². The van der Waals surface area contributed by atoms with E-state index in [1.807, 2.05) is 38.1 Å². The van der Waals surface area contributed by atoms with Crippen LogP contribution in [0.4, 0.5) is 0 Å². The molecule has 1 aliphatic heterocycles. The first-order valence-corrected chi connectivity index (χ1v) is 6.93. The van der Waals surface area contributed by atoms with Gasteiger partial charge in [-0.15, -0.1) is 6.42 Å². The Bertz CT molecular complexity index is 712. The third-order valence-corrected chi connectivity index (χ3v) is 3.38. The number of terminal acetylenes is 1. The van der Waals surface area contributed by atoms with E-state index in [4.69, 9.17) is 11.2 Å². The standard InChI is InChI=1S/C19H19NO/c1-6-8-13(3)15(5)18-12-19(20-18)17-10-9-16(21-7-2)11-14(17)4/h1,8-12H,5,7H2,2-4H3/b13-8-. The Labute approximate surface area is 126 Å². The highest BCUT2D eigenvalue weighted by molar-refractivity contribution is 6.14. The number of benzene rings is 1. The van der Waals surface area contributed by atoms with Crippen molar-refractivity contribution in [2.75, 3.05) is 6.61 Å². The fourth-order valence-electron chi connectivity index (χ4n) is 2.14. The smallest absolute Gasteiger partial charge is 0.119 e. The first kappa shape index (κ1) is 14.9. The van der Waals surface area contributed by atoms with Gasteiger partial charge < -0.3 is 4.74 Å². The van der Waals surface area contributed by atoms with Gasteiger partial charge in [-0.25, -0.2) is 4.99 Å². The van der Waals surface area contributed by atoms with Crippen LogP contribution in [0.5, 0.6) is 5.75 Å². The van der Waals surface area contributed by atoms with E-state index in [0.717, 1.165) is 39.4 Å². The molecule has 0 bridgehead atoms. The normalized spacial score (nSPS) is 13.7. The first-order valence-electron chi connectivity index (χ1n) is 6.93. The van der Waals surface area contributed by atoms with Crippen molar-refractivity contribution in [2.45, 2.75) is 20.8 Å². The second-order valence-corrected chi connectivity index (χ2v) is 4.91. The van der Waals surface area contributed by atoms with Crippen molar-refractivity contribution in [3.63, 3.8) is 0 Å². The third kappa shape index (κ3) is 3.14. The Balaban J connectivity index is 2.14. The molecule has 1 aromatic rings. The zero-order valence-corrected chi connectivity index (χ0v) is 12.7. The molecule has 0 aliphatic carbocycles. The lowest BCUT2D eigenvalue weighted by molar-refractivity contribution is 0.340. The van der Waals surface area contributed by atoms with Crippen molar-refractivity contribution in [3.05, 3.63) is 64.9 Å². The molecule has 2 heteroatoms. The van der Waals surface area contributed by atoms with Crippen LogP contribution in [-0.2, 0) is 0 Å². The molecule has 0 spiro atoms. The summed E-state index contributed by atoms with van der Waals surface area (Å²) in [4.78, 5) is 4.56. The van der Waals surface area contributed by atoms with Crippen molar-refractivity contribution >= 4 is 5.71 Å². The molecule has 0 unspecified atom stereocenters. The number of allylic oxidation sites excluding steroid dienone is 3. The Morgan fingerprint density at radius 3 is 2.76 bits per heavy atom. The van der Waals surface area contributed by atoms with E-state index in [9.17, 15) is 0 Å². The Kier molecular flexibility index (Phi) is 4.45. The number of hydrogen-bond acceptors (Lipinski definition) is 2. The predicted molar refractivity (Wildman–Crippen MR) is 88.7 cm³/mol. The zero-order valence-electron chi connectivity index (χ0n) is 12.7. The molecule has 0 saturated carbocycles. The lowest BCUT2D eigenvalue weighted by atomic mass is 9.95. The number of ether oxygens (including phenoxy) is 1. The van der Waals surface area contributed by atoms with Crippen LogP contribution in [0, 0.1) is 19.3 Å². The van der Waals surface area contributed by atoms with E-state index >= 15 is 0 Å². The largest absolute Gasteiger partial charge is 0.494 e. The molecule has 0 N–H and O–H groups in total. The van der Waals surface area contributed by atoms with E-state index in [1.165, 1.54) is 0 Å². The van der Waals surface area contributed by atoms with Crippen molar-refractivity contribution in [1.82, 2.24) is 0 Å². The summed E-state index contributed by atoms with van der Waals surface area (Å²) in [6, 6.07) is 6.04. The van der Waals surface area contributed by atoms with Gasteiger partial charge in [-0.2, -0.15) is 0 Å². The maximum absolute atomic E-state index is 5.50. The number of rotatable bonds is 5. The van der Waals surface area contributed by atoms with Crippen molar-refractivity contribution in [1.29, 1.82) is 0 Å². The SMILES string of the molecule is C#C/C=C(/C)C(=C)C1=CC(c2ccc(OCC)cc2C)=N1. The second kappa shape index (κ2) is 6.28. The molecule has 0 saturated heterocycles. The number of nitrogens with zero attached hydrogens (tertiary/aromatic N) is 1. The van der Waals surface area contributed by atoms with E-state index in [0.29, 0.717) is 6.61 Å². The Morgan fingerprint density at radius 2 is 2.19 bits per heavy atom. The molecular weight excluding hydrogens is 258 g/mol. The van der Waals surface area contributed by atoms with E-state index in [1.54, 1.807) is 6.08 Å². The molecule has 21 heavy (non-hydrogen) atoms. The predicted octanol–water partition coefficient (Wildman–Crippen LogP) is 4.22. The highest BCUT2D eigenvalue weighted by Crippen LogP contribution is 2.28. The average molecular weight is 277 g/mol. The van der Waals surface area contributed by atoms with Gasteiger partial charge in [-0.3, -0.25) is 0 Å². The zero-order chi connectivity index (χ0) is 15.4. The van der Waals surface area contributed by atoms with Gasteiger partial charge in [-0.05, 0) is 67.8 Å². The first-order chi connectivity index (χ1) is 10.1. The minimum absolute atomic E-state index is 0.671. The fraction of sp³-hybridized carbons (Fsp3) is 0.211. The van der Waals surface area contributed by atoms with Gasteiger partial charge in [-0.1, -0.05) is 12.5 Å². The number of aryl methyl sites for hydroxylation is 1. The summed E-state index contributed by atoms with van der Waals surface area (Å²) in [6.07, 6.45) is 9.02. The molecule has 0 amide bonds. The third-order valence-electron chi connectivity index (χ3n) is 3.38. The summed E-state index contributed by atoms with van der Waals surface area (Å²) in [5, 5.41) is 0. The number of aliphatic imine (C=N–C) groups is 1. The summed E-state index contributed by atoms with van der Waals surface area (Å²) in [7, 11) is 0. The van der Waals surface area contributed by atoms with Crippen molar-refractivity contribution < 1.29 is 4.74 Å². The van der Waals surface area contributed by atoms with E-state index in [-0.39, 0.29) is 0 Å². The molecule has 0 fully saturated rings. The van der Waals surface area contributed by atoms with Crippen LogP contribution in [0.1, 0.15) is 25.0 Å². The fourth-order valence-corrected chi connectivity index (χ4v) is 2.14. The lowest BCUT2D eigenvalue weighted by Crippen LogP contribution is -2.10. The van der Waals surface area contributed by atoms with Gasteiger partial charge in [0.05, 0.1) is 18.0 Å². The van der Waals surface area contributed by atoms with Crippen LogP contribution >= 0.6 is 0 Å². The molecule has 2 nitrogen and oxygen atoms in total. The van der Waals surface area contributed by atoms with Gasteiger partial charge in [0.1, 0.15) is 5.75 Å². The van der Waals surface area contributed by atoms with Crippen LogP contribution in [-0.4, -0.2) is 12.3 Å². The Hall–Kier alpha value is -2.53. The van der Waals surface area contributed by atoms with E-state index < -0.39 is 0 Å². The molecule has 106 valence electrons. The maximum atomic E-state index is 5.50. The van der Waals surface area contributed by atoms with Crippen LogP contribution in [0.25, 0.3) is 0 Å². The van der Waals surface area contributed by atoms with Crippen LogP contribution in [0.15, 0.2) is 58.8 Å². The summed E-state index contributed by atoms with van der Waals surface area (Å²) in [5.74, 6) is 3.40. The lowest BCUT2D eigenvalue weighted by Gasteiger charge is -2.18. The summed E-state index contributed by atoms with van der Waals surface area (Å²) in [5.41, 5.74) is 5.97. The number of hydrogen-bond donors (Lipinski definition) is 0. The van der Waals surface area contributed by atoms with Gasteiger partial charge >= 0.3 is 0 Å². The second-order valence-electron chi connectivity index (χ2n) is 4.91.